The predicted molar refractivity (Wildman–Crippen MR) is 134 cm³/mol. The summed E-state index contributed by atoms with van der Waals surface area (Å²) in [5, 5.41) is 22.1. The highest BCUT2D eigenvalue weighted by Gasteiger charge is 2.55. The number of nitrogens with one attached hydrogen (secondary N) is 2. The zero-order chi connectivity index (χ0) is 25.1. The van der Waals surface area contributed by atoms with Crippen molar-refractivity contribution in [2.45, 2.75) is 56.8 Å². The van der Waals surface area contributed by atoms with Crippen molar-refractivity contribution in [2.75, 3.05) is 23.8 Å². The van der Waals surface area contributed by atoms with Gasteiger partial charge < -0.3 is 20.3 Å². The lowest BCUT2D eigenvalue weighted by atomic mass is 10.0. The first-order chi connectivity index (χ1) is 16.1. The van der Waals surface area contributed by atoms with Gasteiger partial charge in [-0.05, 0) is 67.0 Å². The van der Waals surface area contributed by atoms with Gasteiger partial charge in [0, 0.05) is 5.69 Å². The van der Waals surface area contributed by atoms with Crippen LogP contribution in [0.2, 0.25) is 0 Å². The van der Waals surface area contributed by atoms with E-state index in [9.17, 15) is 18.6 Å². The van der Waals surface area contributed by atoms with E-state index < -0.39 is 33.3 Å². The summed E-state index contributed by atoms with van der Waals surface area (Å²) in [5.74, 6) is -0.413. The Morgan fingerprint density at radius 2 is 1.94 bits per heavy atom. The van der Waals surface area contributed by atoms with Crippen LogP contribution < -0.4 is 14.8 Å². The molecule has 0 aliphatic heterocycles. The quantitative estimate of drug-likeness (QED) is 0.351. The lowest BCUT2D eigenvalue weighted by molar-refractivity contribution is 0.0858. The highest BCUT2D eigenvalue weighted by Crippen LogP contribution is 2.50. The molecule has 0 spiro atoms. The van der Waals surface area contributed by atoms with Gasteiger partial charge in [0.25, 0.3) is 0 Å². The van der Waals surface area contributed by atoms with E-state index in [1.165, 1.54) is 13.2 Å². The summed E-state index contributed by atoms with van der Waals surface area (Å²) in [6.07, 6.45) is 2.24. The molecule has 0 bridgehead atoms. The van der Waals surface area contributed by atoms with Gasteiger partial charge in [0.1, 0.15) is 17.1 Å². The van der Waals surface area contributed by atoms with Crippen LogP contribution >= 0.6 is 0 Å². The number of ether oxygens (including phenoxy) is 1. The number of methoxy groups -OCH3 is 1. The van der Waals surface area contributed by atoms with Crippen molar-refractivity contribution in [2.24, 2.45) is 0 Å². The second-order valence-corrected chi connectivity index (χ2v) is 10.7. The fraction of sp³-hybridized carbons (Fsp3) is 0.440. The molecule has 1 fully saturated rings. The number of aryl methyl sites for hydroxylation is 2. The average molecular weight is 493 g/mol. The molecule has 3 rings (SSSR count). The van der Waals surface area contributed by atoms with Gasteiger partial charge in [-0.3, -0.25) is 4.72 Å². The normalized spacial score (nSPS) is 15.5. The molecule has 0 radical (unpaired) electrons. The Balaban J connectivity index is 2.11. The second-order valence-electron chi connectivity index (χ2n) is 8.59. The Labute approximate surface area is 200 Å². The van der Waals surface area contributed by atoms with Gasteiger partial charge in [0.2, 0.25) is 10.0 Å². The molecule has 0 heterocycles. The molecule has 2 aromatic carbocycles. The van der Waals surface area contributed by atoms with Crippen molar-refractivity contribution < 1.29 is 27.8 Å². The van der Waals surface area contributed by atoms with Crippen molar-refractivity contribution in [1.29, 1.82) is 0 Å². The molecule has 1 unspecified atom stereocenters. The number of aliphatic hydroxyl groups excluding tert-OH is 2. The van der Waals surface area contributed by atoms with Crippen molar-refractivity contribution in [1.82, 2.24) is 0 Å². The molecule has 1 saturated carbocycles. The lowest BCUT2D eigenvalue weighted by Crippen LogP contribution is -2.34. The molecule has 0 saturated heterocycles. The highest BCUT2D eigenvalue weighted by atomic mass is 32.2. The van der Waals surface area contributed by atoms with Crippen LogP contribution in [0, 0.1) is 5.82 Å². The minimum atomic E-state index is -4.04. The third-order valence-corrected chi connectivity index (χ3v) is 8.53. The van der Waals surface area contributed by atoms with Crippen molar-refractivity contribution >= 4 is 33.2 Å². The minimum absolute atomic E-state index is 0.0449. The molecule has 34 heavy (non-hydrogen) atoms. The summed E-state index contributed by atoms with van der Waals surface area (Å²) in [5.41, 5.74) is 2.67. The molecule has 0 aromatic heterocycles. The number of anilines is 3. The number of aliphatic hydroxyl groups is 2. The van der Waals surface area contributed by atoms with Crippen LogP contribution in [0.1, 0.15) is 49.8 Å². The van der Waals surface area contributed by atoms with Gasteiger partial charge in [0.15, 0.2) is 5.82 Å². The molecule has 1 aliphatic carbocycles. The summed E-state index contributed by atoms with van der Waals surface area (Å²) in [6.45, 7) is 7.13. The minimum Gasteiger partial charge on any atom is -0.494 e. The molecule has 7 nitrogen and oxygen atoms in total. The van der Waals surface area contributed by atoms with Crippen LogP contribution in [-0.2, 0) is 22.9 Å². The molecule has 186 valence electrons. The molecule has 2 aromatic rings. The highest BCUT2D eigenvalue weighted by molar-refractivity contribution is 7.94. The Morgan fingerprint density at radius 1 is 1.24 bits per heavy atom. The number of rotatable bonds is 12. The van der Waals surface area contributed by atoms with Crippen LogP contribution in [-0.4, -0.2) is 43.2 Å². The molecular weight excluding hydrogens is 459 g/mol. The number of hydrogen-bond acceptors (Lipinski definition) is 6. The summed E-state index contributed by atoms with van der Waals surface area (Å²) in [4.78, 5) is 0. The summed E-state index contributed by atoms with van der Waals surface area (Å²) >= 11 is 0. The van der Waals surface area contributed by atoms with Crippen LogP contribution in [0.4, 0.5) is 21.5 Å². The summed E-state index contributed by atoms with van der Waals surface area (Å²) in [7, 11) is -2.65. The SMILES string of the molecule is C=Cc1cc(CC)ccc1Nc1c(F)c(CC)cc(OC)c1NS(=O)(=O)C1(CC(O)CO)CC1. The number of sulfonamides is 1. The van der Waals surface area contributed by atoms with Crippen LogP contribution in [0.15, 0.2) is 30.8 Å². The molecule has 4 N–H and O–H groups in total. The van der Waals surface area contributed by atoms with Crippen LogP contribution in [0.5, 0.6) is 5.75 Å². The van der Waals surface area contributed by atoms with Crippen molar-refractivity contribution in [3.8, 4) is 5.75 Å². The number of benzene rings is 2. The number of halogens is 1. The van der Waals surface area contributed by atoms with Crippen LogP contribution in [0.3, 0.4) is 0 Å². The summed E-state index contributed by atoms with van der Waals surface area (Å²) < 4.78 is 49.1. The lowest BCUT2D eigenvalue weighted by Gasteiger charge is -2.24. The first kappa shape index (κ1) is 26.0. The standard InChI is InChI=1S/C25H33FN2O5S/c1-5-16-8-9-20(17(6-2)12-16)27-24-22(26)18(7-3)13-21(33-4)23(24)28-34(31,32)25(10-11-25)14-19(30)15-29/h6,8-9,12-13,19,27-30H,2,5,7,10-11,14-15H2,1,3-4H3. The Hall–Kier alpha value is -2.62. The smallest absolute Gasteiger partial charge is 0.238 e. The maximum atomic E-state index is 15.6. The van der Waals surface area contributed by atoms with Gasteiger partial charge in [-0.25, -0.2) is 12.8 Å². The topological polar surface area (TPSA) is 108 Å². The van der Waals surface area contributed by atoms with Gasteiger partial charge in [-0.1, -0.05) is 32.6 Å². The fourth-order valence-corrected chi connectivity index (χ4v) is 5.77. The molecule has 1 atom stereocenters. The van der Waals surface area contributed by atoms with Gasteiger partial charge >= 0.3 is 0 Å². The molecule has 1 aliphatic rings. The van der Waals surface area contributed by atoms with E-state index in [2.05, 4.69) is 16.6 Å². The zero-order valence-electron chi connectivity index (χ0n) is 19.8. The first-order valence-corrected chi connectivity index (χ1v) is 12.9. The van der Waals surface area contributed by atoms with E-state index in [4.69, 9.17) is 4.74 Å². The molecular formula is C25H33FN2O5S. The second kappa shape index (κ2) is 10.3. The Morgan fingerprint density at radius 3 is 2.47 bits per heavy atom. The van der Waals surface area contributed by atoms with E-state index in [-0.39, 0.29) is 23.5 Å². The maximum Gasteiger partial charge on any atom is 0.238 e. The van der Waals surface area contributed by atoms with Gasteiger partial charge in [0.05, 0.1) is 24.6 Å². The Bertz CT molecular complexity index is 1160. The largest absolute Gasteiger partial charge is 0.494 e. The van der Waals surface area contributed by atoms with E-state index in [1.807, 2.05) is 19.1 Å². The Kier molecular flexibility index (Phi) is 7.90. The predicted octanol–water partition coefficient (Wildman–Crippen LogP) is 4.36. The molecule has 9 heteroatoms. The van der Waals surface area contributed by atoms with E-state index in [1.54, 1.807) is 19.1 Å². The van der Waals surface area contributed by atoms with Crippen molar-refractivity contribution in [3.63, 3.8) is 0 Å². The van der Waals surface area contributed by atoms with E-state index in [0.717, 1.165) is 17.5 Å². The number of hydrogen-bond donors (Lipinski definition) is 4. The van der Waals surface area contributed by atoms with E-state index >= 15 is 4.39 Å². The van der Waals surface area contributed by atoms with Crippen molar-refractivity contribution in [3.05, 3.63) is 53.4 Å². The monoisotopic (exact) mass is 492 g/mol. The van der Waals surface area contributed by atoms with Gasteiger partial charge in [-0.2, -0.15) is 0 Å². The third-order valence-electron chi connectivity index (χ3n) is 6.34. The fourth-order valence-electron chi connectivity index (χ4n) is 4.03. The third kappa shape index (κ3) is 5.06. The average Bonchev–Trinajstić information content (AvgIpc) is 3.62. The first-order valence-electron chi connectivity index (χ1n) is 11.4. The maximum absolute atomic E-state index is 15.6. The summed E-state index contributed by atoms with van der Waals surface area (Å²) in [6, 6.07) is 7.13. The van der Waals surface area contributed by atoms with E-state index in [0.29, 0.717) is 30.5 Å². The zero-order valence-corrected chi connectivity index (χ0v) is 20.6. The van der Waals surface area contributed by atoms with Gasteiger partial charge in [-0.15, -0.1) is 0 Å². The van der Waals surface area contributed by atoms with Crippen LogP contribution in [0.25, 0.3) is 6.08 Å². The molecule has 0 amide bonds.